The third kappa shape index (κ3) is 5.58. The number of anilines is 1. The van der Waals surface area contributed by atoms with E-state index in [1.54, 1.807) is 4.90 Å². The monoisotopic (exact) mass is 353 g/mol. The highest BCUT2D eigenvalue weighted by Gasteiger charge is 2.27. The molecule has 1 fully saturated rings. The molecule has 25 heavy (non-hydrogen) atoms. The zero-order valence-corrected chi connectivity index (χ0v) is 14.8. The minimum Gasteiger partial charge on any atom is -0.444 e. The van der Waals surface area contributed by atoms with Crippen LogP contribution in [0.1, 0.15) is 33.6 Å². The predicted molar refractivity (Wildman–Crippen MR) is 92.1 cm³/mol. The van der Waals surface area contributed by atoms with E-state index < -0.39 is 16.3 Å². The summed E-state index contributed by atoms with van der Waals surface area (Å²) in [5.41, 5.74) is -0.482. The fourth-order valence-corrected chi connectivity index (χ4v) is 2.71. The van der Waals surface area contributed by atoms with Gasteiger partial charge >= 0.3 is 6.09 Å². The molecular formula is C17H24FN3O4. The fraction of sp³-hybridized carbons (Fsp3) is 0.588. The van der Waals surface area contributed by atoms with E-state index in [9.17, 15) is 19.3 Å². The lowest BCUT2D eigenvalue weighted by molar-refractivity contribution is -0.384. The number of halogens is 1. The number of carbonyl (C=O) groups excluding carboxylic acids is 1. The van der Waals surface area contributed by atoms with Gasteiger partial charge in [0.25, 0.3) is 5.69 Å². The normalized spacial score (nSPS) is 15.8. The van der Waals surface area contributed by atoms with E-state index in [0.717, 1.165) is 18.9 Å². The van der Waals surface area contributed by atoms with Crippen LogP contribution < -0.4 is 5.32 Å². The molecule has 0 bridgehead atoms. The summed E-state index contributed by atoms with van der Waals surface area (Å²) in [4.78, 5) is 24.1. The first-order valence-corrected chi connectivity index (χ1v) is 8.31. The van der Waals surface area contributed by atoms with Crippen LogP contribution in [-0.4, -0.2) is 41.2 Å². The number of carbonyl (C=O) groups is 1. The van der Waals surface area contributed by atoms with Crippen LogP contribution >= 0.6 is 0 Å². The molecule has 138 valence electrons. The molecule has 0 radical (unpaired) electrons. The minimum absolute atomic E-state index is 0.272. The minimum atomic E-state index is -0.636. The van der Waals surface area contributed by atoms with Crippen molar-refractivity contribution in [1.82, 2.24) is 4.90 Å². The van der Waals surface area contributed by atoms with Crippen LogP contribution in [0.3, 0.4) is 0 Å². The Morgan fingerprint density at radius 2 is 2.04 bits per heavy atom. The van der Waals surface area contributed by atoms with Crippen LogP contribution in [0, 0.1) is 21.8 Å². The van der Waals surface area contributed by atoms with Gasteiger partial charge in [0.15, 0.2) is 0 Å². The number of nitro benzene ring substituents is 1. The summed E-state index contributed by atoms with van der Waals surface area (Å²) in [7, 11) is 0. The average molecular weight is 353 g/mol. The molecule has 0 aromatic heterocycles. The number of benzene rings is 1. The van der Waals surface area contributed by atoms with Crippen molar-refractivity contribution < 1.29 is 18.8 Å². The third-order valence-electron chi connectivity index (χ3n) is 4.00. The molecule has 1 heterocycles. The molecule has 1 N–H and O–H groups in total. The van der Waals surface area contributed by atoms with E-state index in [1.165, 1.54) is 12.1 Å². The Kier molecular flexibility index (Phi) is 5.81. The predicted octanol–water partition coefficient (Wildman–Crippen LogP) is 3.79. The van der Waals surface area contributed by atoms with Crippen LogP contribution in [0.4, 0.5) is 20.6 Å². The second-order valence-corrected chi connectivity index (χ2v) is 7.21. The Balaban J connectivity index is 1.85. The van der Waals surface area contributed by atoms with E-state index in [0.29, 0.717) is 25.3 Å². The van der Waals surface area contributed by atoms with Gasteiger partial charge in [0.05, 0.1) is 11.0 Å². The molecule has 1 amide bonds. The van der Waals surface area contributed by atoms with E-state index in [4.69, 9.17) is 4.74 Å². The summed E-state index contributed by atoms with van der Waals surface area (Å²) >= 11 is 0. The number of likely N-dealkylation sites (tertiary alicyclic amines) is 1. The van der Waals surface area contributed by atoms with Gasteiger partial charge in [-0.15, -0.1) is 0 Å². The number of nitrogens with one attached hydrogen (secondary N) is 1. The zero-order valence-electron chi connectivity index (χ0n) is 14.8. The van der Waals surface area contributed by atoms with Gasteiger partial charge in [0.2, 0.25) is 0 Å². The fourth-order valence-electron chi connectivity index (χ4n) is 2.71. The zero-order chi connectivity index (χ0) is 18.6. The van der Waals surface area contributed by atoms with Gasteiger partial charge in [-0.25, -0.2) is 9.18 Å². The van der Waals surface area contributed by atoms with Gasteiger partial charge in [-0.2, -0.15) is 0 Å². The first-order valence-electron chi connectivity index (χ1n) is 8.31. The molecule has 0 saturated carbocycles. The van der Waals surface area contributed by atoms with Gasteiger partial charge in [-0.1, -0.05) is 0 Å². The number of nitrogens with zero attached hydrogens (tertiary/aromatic N) is 2. The van der Waals surface area contributed by atoms with Gasteiger partial charge in [0.1, 0.15) is 17.1 Å². The Morgan fingerprint density at radius 3 is 2.60 bits per heavy atom. The SMILES string of the molecule is CC(C)(C)OC(=O)N1CCC(CNc2ccc(F)cc2[N+](=O)[O-])CC1. The molecule has 0 aliphatic carbocycles. The molecule has 7 nitrogen and oxygen atoms in total. The second-order valence-electron chi connectivity index (χ2n) is 7.21. The van der Waals surface area contributed by atoms with Crippen LogP contribution in [0.5, 0.6) is 0 Å². The largest absolute Gasteiger partial charge is 0.444 e. The van der Waals surface area contributed by atoms with E-state index in [1.807, 2.05) is 20.8 Å². The lowest BCUT2D eigenvalue weighted by Crippen LogP contribution is -2.42. The molecule has 1 aromatic rings. The maximum atomic E-state index is 13.2. The van der Waals surface area contributed by atoms with Gasteiger partial charge in [-0.3, -0.25) is 10.1 Å². The van der Waals surface area contributed by atoms with Crippen molar-refractivity contribution in [2.75, 3.05) is 25.0 Å². The maximum Gasteiger partial charge on any atom is 0.410 e. The first-order chi connectivity index (χ1) is 11.7. The topological polar surface area (TPSA) is 84.7 Å². The van der Waals surface area contributed by atoms with Crippen LogP contribution in [0.2, 0.25) is 0 Å². The Morgan fingerprint density at radius 1 is 1.40 bits per heavy atom. The van der Waals surface area contributed by atoms with Crippen molar-refractivity contribution in [3.63, 3.8) is 0 Å². The van der Waals surface area contributed by atoms with Gasteiger partial charge in [0, 0.05) is 19.6 Å². The van der Waals surface area contributed by atoms with E-state index in [-0.39, 0.29) is 17.7 Å². The number of rotatable bonds is 4. The molecule has 0 unspecified atom stereocenters. The maximum absolute atomic E-state index is 13.2. The van der Waals surface area contributed by atoms with Crippen molar-refractivity contribution in [2.45, 2.75) is 39.2 Å². The molecule has 0 atom stereocenters. The molecule has 0 spiro atoms. The van der Waals surface area contributed by atoms with E-state index >= 15 is 0 Å². The Labute approximate surface area is 146 Å². The summed E-state index contributed by atoms with van der Waals surface area (Å²) in [5.74, 6) is -0.355. The summed E-state index contributed by atoms with van der Waals surface area (Å²) < 4.78 is 18.5. The summed E-state index contributed by atoms with van der Waals surface area (Å²) in [6.45, 7) is 7.21. The Bertz CT molecular complexity index is 637. The number of amides is 1. The highest BCUT2D eigenvalue weighted by molar-refractivity contribution is 5.68. The molecule has 1 aliphatic rings. The highest BCUT2D eigenvalue weighted by atomic mass is 19.1. The molecule has 1 saturated heterocycles. The second kappa shape index (κ2) is 7.67. The third-order valence-corrected chi connectivity index (χ3v) is 4.00. The van der Waals surface area contributed by atoms with Crippen molar-refractivity contribution >= 4 is 17.5 Å². The van der Waals surface area contributed by atoms with Crippen LogP contribution in [-0.2, 0) is 4.74 Å². The van der Waals surface area contributed by atoms with Crippen molar-refractivity contribution in [3.8, 4) is 0 Å². The highest BCUT2D eigenvalue weighted by Crippen LogP contribution is 2.26. The molecule has 1 aliphatic heterocycles. The molecule has 1 aromatic carbocycles. The Hall–Kier alpha value is -2.38. The first kappa shape index (κ1) is 19.0. The standard InChI is InChI=1S/C17H24FN3O4/c1-17(2,3)25-16(22)20-8-6-12(7-9-20)11-19-14-5-4-13(18)10-15(14)21(23)24/h4-5,10,12,19H,6-9,11H2,1-3H3. The summed E-state index contributed by atoms with van der Waals surface area (Å²) in [6, 6.07) is 3.48. The van der Waals surface area contributed by atoms with E-state index in [2.05, 4.69) is 5.32 Å². The van der Waals surface area contributed by atoms with Crippen molar-refractivity contribution in [2.24, 2.45) is 5.92 Å². The molecule has 2 rings (SSSR count). The number of nitro groups is 1. The van der Waals surface area contributed by atoms with Crippen molar-refractivity contribution in [1.29, 1.82) is 0 Å². The molecular weight excluding hydrogens is 329 g/mol. The number of hydrogen-bond donors (Lipinski definition) is 1. The lowest BCUT2D eigenvalue weighted by Gasteiger charge is -2.33. The smallest absolute Gasteiger partial charge is 0.410 e. The van der Waals surface area contributed by atoms with Gasteiger partial charge in [-0.05, 0) is 51.7 Å². The van der Waals surface area contributed by atoms with Crippen LogP contribution in [0.25, 0.3) is 0 Å². The van der Waals surface area contributed by atoms with Gasteiger partial charge < -0.3 is 15.0 Å². The number of ether oxygens (including phenoxy) is 1. The number of hydrogen-bond acceptors (Lipinski definition) is 5. The van der Waals surface area contributed by atoms with Crippen LogP contribution in [0.15, 0.2) is 18.2 Å². The summed E-state index contributed by atoms with van der Waals surface area (Å²) in [5, 5.41) is 14.0. The quantitative estimate of drug-likeness (QED) is 0.657. The molecule has 8 heteroatoms. The number of piperidine rings is 1. The summed E-state index contributed by atoms with van der Waals surface area (Å²) in [6.07, 6.45) is 1.25. The lowest BCUT2D eigenvalue weighted by atomic mass is 9.97. The van der Waals surface area contributed by atoms with Crippen molar-refractivity contribution in [3.05, 3.63) is 34.1 Å². The average Bonchev–Trinajstić information content (AvgIpc) is 2.52.